The van der Waals surface area contributed by atoms with E-state index >= 15 is 0 Å². The normalized spacial score (nSPS) is 10.9. The van der Waals surface area contributed by atoms with E-state index in [1.807, 2.05) is 23.6 Å². The van der Waals surface area contributed by atoms with Crippen LogP contribution in [0.4, 0.5) is 0 Å². The monoisotopic (exact) mass is 402 g/mol. The quantitative estimate of drug-likeness (QED) is 0.540. The van der Waals surface area contributed by atoms with Crippen molar-refractivity contribution in [2.75, 3.05) is 34.4 Å². The molecule has 1 N–H and O–H groups in total. The van der Waals surface area contributed by atoms with Crippen LogP contribution in [0.3, 0.4) is 0 Å². The first-order chi connectivity index (χ1) is 13.4. The van der Waals surface area contributed by atoms with E-state index in [0.717, 1.165) is 10.4 Å². The number of hydrogen-bond acceptors (Lipinski definition) is 6. The van der Waals surface area contributed by atoms with Gasteiger partial charge in [-0.05, 0) is 35.2 Å². The van der Waals surface area contributed by atoms with E-state index in [0.29, 0.717) is 11.3 Å². The summed E-state index contributed by atoms with van der Waals surface area (Å²) in [5.41, 5.74) is 1.14. The number of benzene rings is 1. The third-order valence-corrected chi connectivity index (χ3v) is 4.75. The number of amides is 2. The van der Waals surface area contributed by atoms with Crippen molar-refractivity contribution in [2.24, 2.45) is 0 Å². The Morgan fingerprint density at radius 1 is 1.18 bits per heavy atom. The Labute approximate surface area is 167 Å². The van der Waals surface area contributed by atoms with Crippen LogP contribution >= 0.6 is 11.3 Å². The SMILES string of the molecule is CNC(=O)CN(C)C(=O)COC(=O)/C(=C/c1ccc(OC)cc1)c1cccs1. The Hall–Kier alpha value is -3.13. The summed E-state index contributed by atoms with van der Waals surface area (Å²) in [5.74, 6) is -0.671. The van der Waals surface area contributed by atoms with E-state index in [9.17, 15) is 14.4 Å². The van der Waals surface area contributed by atoms with Gasteiger partial charge in [0.25, 0.3) is 5.91 Å². The van der Waals surface area contributed by atoms with Crippen molar-refractivity contribution in [2.45, 2.75) is 0 Å². The van der Waals surface area contributed by atoms with Crippen LogP contribution in [0.25, 0.3) is 11.6 Å². The largest absolute Gasteiger partial charge is 0.497 e. The second-order valence-electron chi connectivity index (χ2n) is 5.81. The average Bonchev–Trinajstić information content (AvgIpc) is 3.24. The van der Waals surface area contributed by atoms with E-state index in [1.165, 1.54) is 30.3 Å². The fourth-order valence-electron chi connectivity index (χ4n) is 2.23. The molecule has 0 aliphatic carbocycles. The van der Waals surface area contributed by atoms with Crippen molar-refractivity contribution in [3.63, 3.8) is 0 Å². The van der Waals surface area contributed by atoms with Gasteiger partial charge in [0, 0.05) is 19.0 Å². The van der Waals surface area contributed by atoms with Gasteiger partial charge in [-0.25, -0.2) is 4.79 Å². The summed E-state index contributed by atoms with van der Waals surface area (Å²) >= 11 is 1.40. The molecule has 0 saturated heterocycles. The molecule has 1 aromatic carbocycles. The third kappa shape index (κ3) is 5.95. The van der Waals surface area contributed by atoms with Crippen molar-refractivity contribution >= 4 is 40.8 Å². The Kier molecular flexibility index (Phi) is 7.76. The first-order valence-electron chi connectivity index (χ1n) is 8.46. The molecular formula is C20H22N2O5S. The lowest BCUT2D eigenvalue weighted by Gasteiger charge is -2.16. The van der Waals surface area contributed by atoms with Gasteiger partial charge < -0.3 is 19.7 Å². The maximum absolute atomic E-state index is 12.6. The van der Waals surface area contributed by atoms with E-state index in [-0.39, 0.29) is 12.5 Å². The van der Waals surface area contributed by atoms with Gasteiger partial charge in [-0.3, -0.25) is 9.59 Å². The van der Waals surface area contributed by atoms with Crippen LogP contribution in [0, 0.1) is 0 Å². The smallest absolute Gasteiger partial charge is 0.340 e. The maximum Gasteiger partial charge on any atom is 0.340 e. The molecule has 148 valence electrons. The molecule has 8 heteroatoms. The minimum absolute atomic E-state index is 0.105. The summed E-state index contributed by atoms with van der Waals surface area (Å²) in [6.07, 6.45) is 1.70. The summed E-state index contributed by atoms with van der Waals surface area (Å²) in [4.78, 5) is 38.0. The molecule has 0 unspecified atom stereocenters. The van der Waals surface area contributed by atoms with Gasteiger partial charge in [0.05, 0.1) is 19.2 Å². The van der Waals surface area contributed by atoms with Crippen LogP contribution in [0.1, 0.15) is 10.4 Å². The number of thiophene rings is 1. The standard InChI is InChI=1S/C20H22N2O5S/c1-21-18(23)12-22(2)19(24)13-27-20(25)16(17-5-4-10-28-17)11-14-6-8-15(26-3)9-7-14/h4-11H,12-13H2,1-3H3,(H,21,23)/b16-11+. The topological polar surface area (TPSA) is 84.9 Å². The van der Waals surface area contributed by atoms with Crippen LogP contribution in [0.15, 0.2) is 41.8 Å². The zero-order valence-electron chi connectivity index (χ0n) is 15.9. The highest BCUT2D eigenvalue weighted by Crippen LogP contribution is 2.25. The van der Waals surface area contributed by atoms with E-state index in [1.54, 1.807) is 31.4 Å². The van der Waals surface area contributed by atoms with Gasteiger partial charge >= 0.3 is 5.97 Å². The molecule has 2 aromatic rings. The number of methoxy groups -OCH3 is 1. The molecule has 1 heterocycles. The highest BCUT2D eigenvalue weighted by atomic mass is 32.1. The van der Waals surface area contributed by atoms with Crippen LogP contribution < -0.4 is 10.1 Å². The lowest BCUT2D eigenvalue weighted by atomic mass is 10.1. The number of rotatable bonds is 8. The summed E-state index contributed by atoms with van der Waals surface area (Å²) in [6, 6.07) is 10.9. The molecule has 28 heavy (non-hydrogen) atoms. The number of hydrogen-bond donors (Lipinski definition) is 1. The summed E-state index contributed by atoms with van der Waals surface area (Å²) in [7, 11) is 4.54. The minimum atomic E-state index is -0.611. The second kappa shape index (κ2) is 10.3. The molecule has 0 saturated carbocycles. The molecular weight excluding hydrogens is 380 g/mol. The second-order valence-corrected chi connectivity index (χ2v) is 6.76. The van der Waals surface area contributed by atoms with Crippen molar-refractivity contribution in [1.82, 2.24) is 10.2 Å². The fourth-order valence-corrected chi connectivity index (χ4v) is 2.96. The van der Waals surface area contributed by atoms with E-state index < -0.39 is 18.5 Å². The number of likely N-dealkylation sites (N-methyl/N-ethyl adjacent to an activating group) is 2. The molecule has 0 radical (unpaired) electrons. The number of carbonyl (C=O) groups excluding carboxylic acids is 3. The highest BCUT2D eigenvalue weighted by Gasteiger charge is 2.19. The van der Waals surface area contributed by atoms with Crippen LogP contribution in [-0.2, 0) is 19.1 Å². The summed E-state index contributed by atoms with van der Waals surface area (Å²) < 4.78 is 10.3. The third-order valence-electron chi connectivity index (χ3n) is 3.85. The van der Waals surface area contributed by atoms with Gasteiger partial charge in [0.15, 0.2) is 6.61 Å². The van der Waals surface area contributed by atoms with Crippen molar-refractivity contribution in [3.05, 3.63) is 52.2 Å². The van der Waals surface area contributed by atoms with Gasteiger partial charge in [-0.15, -0.1) is 11.3 Å². The predicted octanol–water partition coefficient (Wildman–Crippen LogP) is 2.04. The predicted molar refractivity (Wildman–Crippen MR) is 108 cm³/mol. The van der Waals surface area contributed by atoms with E-state index in [4.69, 9.17) is 9.47 Å². The molecule has 1 aromatic heterocycles. The number of carbonyl (C=O) groups is 3. The van der Waals surface area contributed by atoms with Gasteiger partial charge in [-0.1, -0.05) is 18.2 Å². The van der Waals surface area contributed by atoms with E-state index in [2.05, 4.69) is 5.32 Å². The Balaban J connectivity index is 2.11. The fraction of sp³-hybridized carbons (Fsp3) is 0.250. The molecule has 2 rings (SSSR count). The number of nitrogens with one attached hydrogen (secondary N) is 1. The molecule has 7 nitrogen and oxygen atoms in total. The van der Waals surface area contributed by atoms with Crippen LogP contribution in [0.2, 0.25) is 0 Å². The number of esters is 1. The molecule has 2 amide bonds. The summed E-state index contributed by atoms with van der Waals surface area (Å²) in [5, 5.41) is 4.28. The molecule has 0 spiro atoms. The Morgan fingerprint density at radius 2 is 1.89 bits per heavy atom. The highest BCUT2D eigenvalue weighted by molar-refractivity contribution is 7.11. The van der Waals surface area contributed by atoms with Crippen LogP contribution in [0.5, 0.6) is 5.75 Å². The number of ether oxygens (including phenoxy) is 2. The number of nitrogens with zero attached hydrogens (tertiary/aromatic N) is 1. The van der Waals surface area contributed by atoms with Crippen molar-refractivity contribution in [3.8, 4) is 5.75 Å². The van der Waals surface area contributed by atoms with Gasteiger partial charge in [0.1, 0.15) is 5.75 Å². The zero-order valence-corrected chi connectivity index (χ0v) is 16.7. The van der Waals surface area contributed by atoms with Gasteiger partial charge in [0.2, 0.25) is 5.91 Å². The van der Waals surface area contributed by atoms with Crippen molar-refractivity contribution in [1.29, 1.82) is 0 Å². The van der Waals surface area contributed by atoms with Crippen LogP contribution in [-0.4, -0.2) is 57.0 Å². The first kappa shape index (κ1) is 21.2. The molecule has 0 aliphatic rings. The van der Waals surface area contributed by atoms with Crippen molar-refractivity contribution < 1.29 is 23.9 Å². The maximum atomic E-state index is 12.6. The summed E-state index contributed by atoms with van der Waals surface area (Å²) in [6.45, 7) is -0.552. The molecule has 0 aliphatic heterocycles. The van der Waals surface area contributed by atoms with Gasteiger partial charge in [-0.2, -0.15) is 0 Å². The lowest BCUT2D eigenvalue weighted by molar-refractivity contribution is -0.147. The zero-order chi connectivity index (χ0) is 20.5. The molecule has 0 bridgehead atoms. The first-order valence-corrected chi connectivity index (χ1v) is 9.34. The lowest BCUT2D eigenvalue weighted by Crippen LogP contribution is -2.39. The Morgan fingerprint density at radius 3 is 2.46 bits per heavy atom. The minimum Gasteiger partial charge on any atom is -0.497 e. The Bertz CT molecular complexity index is 844. The average molecular weight is 402 g/mol. The molecule has 0 atom stereocenters. The molecule has 0 fully saturated rings.